The van der Waals surface area contributed by atoms with E-state index in [1.807, 2.05) is 26.0 Å². The van der Waals surface area contributed by atoms with Gasteiger partial charge >= 0.3 is 0 Å². The van der Waals surface area contributed by atoms with Crippen molar-refractivity contribution >= 4 is 11.7 Å². The summed E-state index contributed by atoms with van der Waals surface area (Å²) in [5.74, 6) is 0.766. The minimum atomic E-state index is -0.492. The van der Waals surface area contributed by atoms with Crippen LogP contribution in [0.2, 0.25) is 0 Å². The number of hydrogen-bond donors (Lipinski definition) is 2. The van der Waals surface area contributed by atoms with Crippen molar-refractivity contribution in [3.8, 4) is 5.88 Å². The zero-order valence-corrected chi connectivity index (χ0v) is 12.0. The number of carbonyl (C=O) groups is 1. The molecule has 6 heteroatoms. The minimum absolute atomic E-state index is 0.0617. The molecule has 0 aliphatic heterocycles. The monoisotopic (exact) mass is 286 g/mol. The summed E-state index contributed by atoms with van der Waals surface area (Å²) in [5.41, 5.74) is 6.49. The van der Waals surface area contributed by atoms with Gasteiger partial charge in [-0.15, -0.1) is 0 Å². The molecule has 0 aliphatic carbocycles. The third-order valence-corrected chi connectivity index (χ3v) is 2.71. The van der Waals surface area contributed by atoms with Gasteiger partial charge in [0.15, 0.2) is 0 Å². The van der Waals surface area contributed by atoms with Gasteiger partial charge in [0.05, 0.1) is 11.7 Å². The summed E-state index contributed by atoms with van der Waals surface area (Å²) < 4.78 is 5.65. The second-order valence-corrected chi connectivity index (χ2v) is 4.78. The fourth-order valence-electron chi connectivity index (χ4n) is 1.72. The fraction of sp³-hybridized carbons (Fsp3) is 0.267. The van der Waals surface area contributed by atoms with Crippen molar-refractivity contribution in [3.63, 3.8) is 0 Å². The molecule has 0 unspecified atom stereocenters. The van der Waals surface area contributed by atoms with Crippen molar-refractivity contribution < 1.29 is 9.53 Å². The lowest BCUT2D eigenvalue weighted by Crippen LogP contribution is -2.12. The number of nitrogens with zero attached hydrogens (tertiary/aromatic N) is 2. The Morgan fingerprint density at radius 2 is 2.14 bits per heavy atom. The number of nitrogens with one attached hydrogen (secondary N) is 1. The summed E-state index contributed by atoms with van der Waals surface area (Å²) in [4.78, 5) is 19.3. The first-order valence-corrected chi connectivity index (χ1v) is 6.66. The smallest absolute Gasteiger partial charge is 0.250 e. The molecular formula is C15H18N4O2. The van der Waals surface area contributed by atoms with Crippen LogP contribution in [0.5, 0.6) is 5.88 Å². The minimum Gasteiger partial charge on any atom is -0.475 e. The number of anilines is 1. The van der Waals surface area contributed by atoms with Crippen molar-refractivity contribution in [1.29, 1.82) is 0 Å². The van der Waals surface area contributed by atoms with Gasteiger partial charge in [0.1, 0.15) is 5.82 Å². The van der Waals surface area contributed by atoms with Crippen LogP contribution in [-0.2, 0) is 6.54 Å². The largest absolute Gasteiger partial charge is 0.475 e. The number of pyridine rings is 2. The summed E-state index contributed by atoms with van der Waals surface area (Å²) in [6, 6.07) is 7.13. The number of rotatable bonds is 6. The molecule has 2 rings (SSSR count). The standard InChI is InChI=1S/C15H18N4O2/c1-10(2)21-15-12(4-3-7-17-15)9-19-13-6-5-11(8-18-13)14(16)20/h3-8,10H,9H2,1-2H3,(H2,16,20)(H,18,19). The van der Waals surface area contributed by atoms with E-state index < -0.39 is 5.91 Å². The van der Waals surface area contributed by atoms with Crippen LogP contribution in [0.15, 0.2) is 36.7 Å². The number of amides is 1. The molecule has 0 aliphatic rings. The Labute approximate surface area is 123 Å². The molecule has 0 fully saturated rings. The average molecular weight is 286 g/mol. The maximum Gasteiger partial charge on any atom is 0.250 e. The van der Waals surface area contributed by atoms with Crippen molar-refractivity contribution in [2.24, 2.45) is 5.73 Å². The molecule has 0 saturated carbocycles. The molecule has 2 heterocycles. The van der Waals surface area contributed by atoms with Crippen LogP contribution in [0, 0.1) is 0 Å². The molecule has 0 radical (unpaired) electrons. The van der Waals surface area contributed by atoms with Gasteiger partial charge in [-0.3, -0.25) is 4.79 Å². The molecule has 0 spiro atoms. The third-order valence-electron chi connectivity index (χ3n) is 2.71. The number of carbonyl (C=O) groups excluding carboxylic acids is 1. The normalized spacial score (nSPS) is 10.4. The van der Waals surface area contributed by atoms with Gasteiger partial charge in [0.25, 0.3) is 0 Å². The van der Waals surface area contributed by atoms with Gasteiger partial charge < -0.3 is 15.8 Å². The Morgan fingerprint density at radius 1 is 1.33 bits per heavy atom. The zero-order valence-electron chi connectivity index (χ0n) is 12.0. The van der Waals surface area contributed by atoms with Crippen LogP contribution in [0.1, 0.15) is 29.8 Å². The van der Waals surface area contributed by atoms with Crippen LogP contribution in [-0.4, -0.2) is 22.0 Å². The summed E-state index contributed by atoms with van der Waals surface area (Å²) >= 11 is 0. The van der Waals surface area contributed by atoms with Crippen molar-refractivity contribution in [1.82, 2.24) is 9.97 Å². The Kier molecular flexibility index (Phi) is 4.71. The van der Waals surface area contributed by atoms with Crippen molar-refractivity contribution in [2.45, 2.75) is 26.5 Å². The van der Waals surface area contributed by atoms with Crippen LogP contribution in [0.25, 0.3) is 0 Å². The van der Waals surface area contributed by atoms with E-state index in [2.05, 4.69) is 15.3 Å². The number of aromatic nitrogens is 2. The van der Waals surface area contributed by atoms with Crippen LogP contribution in [0.4, 0.5) is 5.82 Å². The maximum absolute atomic E-state index is 11.0. The first-order valence-electron chi connectivity index (χ1n) is 6.66. The Balaban J connectivity index is 2.04. The van der Waals surface area contributed by atoms with E-state index >= 15 is 0 Å². The van der Waals surface area contributed by atoms with Crippen molar-refractivity contribution in [2.75, 3.05) is 5.32 Å². The van der Waals surface area contributed by atoms with E-state index in [0.717, 1.165) is 5.56 Å². The van der Waals surface area contributed by atoms with Gasteiger partial charge in [0.2, 0.25) is 11.8 Å². The SMILES string of the molecule is CC(C)Oc1ncccc1CNc1ccc(C(N)=O)cn1. The lowest BCUT2D eigenvalue weighted by atomic mass is 10.2. The van der Waals surface area contributed by atoms with E-state index in [-0.39, 0.29) is 6.10 Å². The van der Waals surface area contributed by atoms with Crippen LogP contribution in [0.3, 0.4) is 0 Å². The predicted octanol–water partition coefficient (Wildman–Crippen LogP) is 1.97. The van der Waals surface area contributed by atoms with Crippen LogP contribution >= 0.6 is 0 Å². The molecule has 1 amide bonds. The third kappa shape index (κ3) is 4.17. The van der Waals surface area contributed by atoms with Gasteiger partial charge in [-0.25, -0.2) is 9.97 Å². The van der Waals surface area contributed by atoms with Gasteiger partial charge in [-0.2, -0.15) is 0 Å². The number of ether oxygens (including phenoxy) is 1. The molecule has 2 aromatic rings. The highest BCUT2D eigenvalue weighted by atomic mass is 16.5. The highest BCUT2D eigenvalue weighted by Gasteiger charge is 2.07. The second-order valence-electron chi connectivity index (χ2n) is 4.78. The molecule has 0 atom stereocenters. The first kappa shape index (κ1) is 14.8. The number of primary amides is 1. The summed E-state index contributed by atoms with van der Waals surface area (Å²) in [7, 11) is 0. The molecule has 6 nitrogen and oxygen atoms in total. The molecule has 21 heavy (non-hydrogen) atoms. The summed E-state index contributed by atoms with van der Waals surface area (Å²) in [5, 5.41) is 3.16. The molecule has 2 aromatic heterocycles. The van der Waals surface area contributed by atoms with Crippen LogP contribution < -0.4 is 15.8 Å². The average Bonchev–Trinajstić information content (AvgIpc) is 2.46. The quantitative estimate of drug-likeness (QED) is 0.847. The number of hydrogen-bond acceptors (Lipinski definition) is 5. The number of nitrogens with two attached hydrogens (primary N) is 1. The highest BCUT2D eigenvalue weighted by molar-refractivity contribution is 5.92. The molecule has 3 N–H and O–H groups in total. The van der Waals surface area contributed by atoms with E-state index in [1.165, 1.54) is 6.20 Å². The topological polar surface area (TPSA) is 90.1 Å². The molecule has 0 bridgehead atoms. The summed E-state index contributed by atoms with van der Waals surface area (Å²) in [6.07, 6.45) is 3.20. The Bertz CT molecular complexity index is 611. The first-order chi connectivity index (χ1) is 10.1. The zero-order chi connectivity index (χ0) is 15.2. The highest BCUT2D eigenvalue weighted by Crippen LogP contribution is 2.17. The second kappa shape index (κ2) is 6.69. The summed E-state index contributed by atoms with van der Waals surface area (Å²) in [6.45, 7) is 4.44. The fourth-order valence-corrected chi connectivity index (χ4v) is 1.72. The predicted molar refractivity (Wildman–Crippen MR) is 80.1 cm³/mol. The van der Waals surface area contributed by atoms with Gasteiger partial charge in [-0.1, -0.05) is 6.07 Å². The van der Waals surface area contributed by atoms with E-state index in [1.54, 1.807) is 18.3 Å². The molecular weight excluding hydrogens is 268 g/mol. The van der Waals surface area contributed by atoms with Gasteiger partial charge in [-0.05, 0) is 32.0 Å². The molecule has 0 saturated heterocycles. The van der Waals surface area contributed by atoms with Crippen molar-refractivity contribution in [3.05, 3.63) is 47.8 Å². The molecule has 0 aromatic carbocycles. The van der Waals surface area contributed by atoms with E-state index in [9.17, 15) is 4.79 Å². The van der Waals surface area contributed by atoms with Gasteiger partial charge in [0, 0.05) is 24.5 Å². The lowest BCUT2D eigenvalue weighted by Gasteiger charge is -2.13. The Hall–Kier alpha value is -2.63. The molecule has 110 valence electrons. The lowest BCUT2D eigenvalue weighted by molar-refractivity contribution is 0.1000. The van der Waals surface area contributed by atoms with E-state index in [0.29, 0.717) is 23.8 Å². The van der Waals surface area contributed by atoms with E-state index in [4.69, 9.17) is 10.5 Å². The maximum atomic E-state index is 11.0. The Morgan fingerprint density at radius 3 is 2.76 bits per heavy atom.